The smallest absolute Gasteiger partial charge is 0.166 e. The van der Waals surface area contributed by atoms with Gasteiger partial charge in [0, 0.05) is 25.9 Å². The zero-order chi connectivity index (χ0) is 15.3. The molecule has 0 atom stereocenters. The van der Waals surface area contributed by atoms with E-state index >= 15 is 0 Å². The molecule has 0 radical (unpaired) electrons. The van der Waals surface area contributed by atoms with Gasteiger partial charge in [0.1, 0.15) is 6.61 Å². The van der Waals surface area contributed by atoms with Gasteiger partial charge in [0.05, 0.1) is 33.0 Å². The summed E-state index contributed by atoms with van der Waals surface area (Å²) in [6.07, 6.45) is 1.58. The normalized spacial score (nSPS) is 11.1. The van der Waals surface area contributed by atoms with Crippen molar-refractivity contribution in [3.05, 3.63) is 23.8 Å². The molecule has 1 aromatic carbocycles. The fourth-order valence-electron chi connectivity index (χ4n) is 1.57. The molecule has 0 bridgehead atoms. The van der Waals surface area contributed by atoms with Crippen molar-refractivity contribution in [2.45, 2.75) is 0 Å². The van der Waals surface area contributed by atoms with Crippen LogP contribution in [0.4, 0.5) is 0 Å². The Morgan fingerprint density at radius 3 is 2.38 bits per heavy atom. The maximum atomic E-state index is 9.95. The van der Waals surface area contributed by atoms with E-state index in [2.05, 4.69) is 4.99 Å². The van der Waals surface area contributed by atoms with Crippen molar-refractivity contribution >= 4 is 6.21 Å². The van der Waals surface area contributed by atoms with E-state index in [0.717, 1.165) is 0 Å². The molecule has 6 nitrogen and oxygen atoms in total. The van der Waals surface area contributed by atoms with Crippen LogP contribution in [-0.2, 0) is 14.2 Å². The lowest BCUT2D eigenvalue weighted by Crippen LogP contribution is -2.12. The highest BCUT2D eigenvalue weighted by Gasteiger charge is 2.05. The van der Waals surface area contributed by atoms with E-state index in [0.29, 0.717) is 51.0 Å². The fourth-order valence-corrected chi connectivity index (χ4v) is 1.57. The second-order valence-electron chi connectivity index (χ2n) is 4.15. The zero-order valence-corrected chi connectivity index (χ0v) is 12.6. The summed E-state index contributed by atoms with van der Waals surface area (Å²) in [6, 6.07) is 5.27. The Morgan fingerprint density at radius 2 is 1.71 bits per heavy atom. The quantitative estimate of drug-likeness (QED) is 0.495. The van der Waals surface area contributed by atoms with Crippen LogP contribution in [0.25, 0.3) is 0 Å². The molecule has 0 unspecified atom stereocenters. The van der Waals surface area contributed by atoms with Crippen LogP contribution in [0.15, 0.2) is 23.2 Å². The highest BCUT2D eigenvalue weighted by molar-refractivity contribution is 5.84. The highest BCUT2D eigenvalue weighted by atomic mass is 16.6. The summed E-state index contributed by atoms with van der Waals surface area (Å²) >= 11 is 0. The summed E-state index contributed by atoms with van der Waals surface area (Å²) in [5.41, 5.74) is 0.627. The summed E-state index contributed by atoms with van der Waals surface area (Å²) in [7, 11) is 3.28. The number of hydrogen-bond acceptors (Lipinski definition) is 6. The van der Waals surface area contributed by atoms with Crippen molar-refractivity contribution in [1.29, 1.82) is 0 Å². The number of phenols is 1. The van der Waals surface area contributed by atoms with Crippen molar-refractivity contribution in [1.82, 2.24) is 0 Å². The molecule has 1 N–H and O–H groups in total. The third-order valence-electron chi connectivity index (χ3n) is 2.59. The number of phenolic OH excluding ortho intramolecular Hbond substituents is 1. The first-order chi connectivity index (χ1) is 10.3. The number of para-hydroxylation sites is 1. The van der Waals surface area contributed by atoms with Crippen LogP contribution in [0.1, 0.15) is 5.56 Å². The maximum absolute atomic E-state index is 9.95. The van der Waals surface area contributed by atoms with E-state index in [1.165, 1.54) is 0 Å². The van der Waals surface area contributed by atoms with Gasteiger partial charge in [-0.15, -0.1) is 0 Å². The summed E-state index contributed by atoms with van der Waals surface area (Å²) in [5.74, 6) is 0.512. The van der Waals surface area contributed by atoms with Crippen LogP contribution in [0.3, 0.4) is 0 Å². The Kier molecular flexibility index (Phi) is 9.19. The van der Waals surface area contributed by atoms with Crippen LogP contribution < -0.4 is 4.74 Å². The molecular formula is C15H23NO5. The van der Waals surface area contributed by atoms with E-state index in [4.69, 9.17) is 18.9 Å². The molecule has 1 aromatic rings. The number of benzene rings is 1. The summed E-state index contributed by atoms with van der Waals surface area (Å²) in [6.45, 7) is 2.96. The molecule has 0 heterocycles. The lowest BCUT2D eigenvalue weighted by molar-refractivity contribution is 0.0178. The molecule has 0 saturated heterocycles. The molecular weight excluding hydrogens is 274 g/mol. The Balaban J connectivity index is 2.17. The van der Waals surface area contributed by atoms with Gasteiger partial charge in [0.2, 0.25) is 0 Å². The highest BCUT2D eigenvalue weighted by Crippen LogP contribution is 2.28. The lowest BCUT2D eigenvalue weighted by atomic mass is 10.2. The minimum absolute atomic E-state index is 0.0889. The largest absolute Gasteiger partial charge is 0.504 e. The molecule has 21 heavy (non-hydrogen) atoms. The van der Waals surface area contributed by atoms with E-state index in [1.54, 1.807) is 38.6 Å². The Morgan fingerprint density at radius 1 is 1.05 bits per heavy atom. The first-order valence-corrected chi connectivity index (χ1v) is 6.81. The summed E-state index contributed by atoms with van der Waals surface area (Å²) < 4.78 is 20.9. The molecule has 0 amide bonds. The van der Waals surface area contributed by atoms with Gasteiger partial charge in [-0.1, -0.05) is 6.07 Å². The molecule has 0 saturated carbocycles. The van der Waals surface area contributed by atoms with Crippen LogP contribution in [-0.4, -0.2) is 65.1 Å². The van der Waals surface area contributed by atoms with Crippen molar-refractivity contribution in [2.24, 2.45) is 4.99 Å². The SMILES string of the molecule is CN=Cc1cccc(OCCOCCOCCOC)c1O. The van der Waals surface area contributed by atoms with Crippen molar-refractivity contribution in [2.75, 3.05) is 53.8 Å². The van der Waals surface area contributed by atoms with E-state index in [9.17, 15) is 5.11 Å². The summed E-state index contributed by atoms with van der Waals surface area (Å²) in [5, 5.41) is 9.95. The van der Waals surface area contributed by atoms with Gasteiger partial charge >= 0.3 is 0 Å². The zero-order valence-electron chi connectivity index (χ0n) is 12.6. The van der Waals surface area contributed by atoms with Gasteiger partial charge < -0.3 is 24.1 Å². The van der Waals surface area contributed by atoms with E-state index in [-0.39, 0.29) is 5.75 Å². The Labute approximate surface area is 125 Å². The van der Waals surface area contributed by atoms with Crippen LogP contribution in [0, 0.1) is 0 Å². The first kappa shape index (κ1) is 17.4. The number of nitrogens with zero attached hydrogens (tertiary/aromatic N) is 1. The third kappa shape index (κ3) is 7.08. The van der Waals surface area contributed by atoms with Gasteiger partial charge in [-0.25, -0.2) is 0 Å². The molecule has 118 valence electrons. The van der Waals surface area contributed by atoms with Crippen molar-refractivity contribution in [3.8, 4) is 11.5 Å². The summed E-state index contributed by atoms with van der Waals surface area (Å²) in [4.78, 5) is 3.87. The fraction of sp³-hybridized carbons (Fsp3) is 0.533. The standard InChI is InChI=1S/C15H23NO5/c1-16-12-13-4-3-5-14(15(13)17)21-11-10-20-9-8-19-7-6-18-2/h3-5,12,17H,6-11H2,1-2H3. The number of aromatic hydroxyl groups is 1. The molecule has 0 aliphatic heterocycles. The van der Waals surface area contributed by atoms with E-state index < -0.39 is 0 Å². The number of hydrogen-bond donors (Lipinski definition) is 1. The second-order valence-corrected chi connectivity index (χ2v) is 4.15. The van der Waals surface area contributed by atoms with Gasteiger partial charge in [0.15, 0.2) is 11.5 Å². The van der Waals surface area contributed by atoms with Crippen LogP contribution in [0.5, 0.6) is 11.5 Å². The second kappa shape index (κ2) is 11.1. The Hall–Kier alpha value is -1.63. The van der Waals surface area contributed by atoms with Gasteiger partial charge in [-0.3, -0.25) is 4.99 Å². The monoisotopic (exact) mass is 297 g/mol. The van der Waals surface area contributed by atoms with Gasteiger partial charge in [-0.05, 0) is 12.1 Å². The number of methoxy groups -OCH3 is 1. The lowest BCUT2D eigenvalue weighted by Gasteiger charge is -2.10. The van der Waals surface area contributed by atoms with Gasteiger partial charge in [0.25, 0.3) is 0 Å². The van der Waals surface area contributed by atoms with Crippen LogP contribution >= 0.6 is 0 Å². The Bertz CT molecular complexity index is 423. The van der Waals surface area contributed by atoms with E-state index in [1.807, 2.05) is 0 Å². The molecule has 0 aliphatic carbocycles. The number of aliphatic imine (C=N–C) groups is 1. The minimum Gasteiger partial charge on any atom is -0.504 e. The first-order valence-electron chi connectivity index (χ1n) is 6.81. The molecule has 6 heteroatoms. The average molecular weight is 297 g/mol. The predicted molar refractivity (Wildman–Crippen MR) is 80.6 cm³/mol. The molecule has 0 fully saturated rings. The van der Waals surface area contributed by atoms with Gasteiger partial charge in [-0.2, -0.15) is 0 Å². The van der Waals surface area contributed by atoms with Crippen molar-refractivity contribution < 1.29 is 24.1 Å². The number of rotatable bonds is 11. The third-order valence-corrected chi connectivity index (χ3v) is 2.59. The maximum Gasteiger partial charge on any atom is 0.166 e. The molecule has 1 rings (SSSR count). The van der Waals surface area contributed by atoms with Crippen LogP contribution in [0.2, 0.25) is 0 Å². The van der Waals surface area contributed by atoms with Crippen molar-refractivity contribution in [3.63, 3.8) is 0 Å². The molecule has 0 spiro atoms. The molecule has 0 aliphatic rings. The topological polar surface area (TPSA) is 69.5 Å². The average Bonchev–Trinajstić information content (AvgIpc) is 2.49. The minimum atomic E-state index is 0.0889. The predicted octanol–water partition coefficient (Wildman–Crippen LogP) is 1.50. The molecule has 0 aromatic heterocycles. The number of ether oxygens (including phenoxy) is 4.